The first kappa shape index (κ1) is 16.8. The normalized spacial score (nSPS) is 11.2. The number of halogens is 1. The molecule has 4 nitrogen and oxygen atoms in total. The van der Waals surface area contributed by atoms with Crippen LogP contribution in [-0.4, -0.2) is 30.3 Å². The minimum absolute atomic E-state index is 0.0320. The number of hydrogen-bond acceptors (Lipinski definition) is 3. The molecule has 1 aromatic rings. The first-order chi connectivity index (χ1) is 9.38. The average molecular weight is 300 g/mol. The van der Waals surface area contributed by atoms with Gasteiger partial charge in [0.25, 0.3) is 0 Å². The second-order valence-corrected chi connectivity index (χ2v) is 5.78. The van der Waals surface area contributed by atoms with Crippen LogP contribution >= 0.6 is 11.6 Å². The summed E-state index contributed by atoms with van der Waals surface area (Å²) in [6, 6.07) is 5.51. The van der Waals surface area contributed by atoms with E-state index in [0.717, 1.165) is 5.56 Å². The number of rotatable bonds is 7. The van der Waals surface area contributed by atoms with Crippen LogP contribution in [-0.2, 0) is 11.2 Å². The fourth-order valence-electron chi connectivity index (χ4n) is 1.91. The molecule has 1 amide bonds. The van der Waals surface area contributed by atoms with Crippen LogP contribution in [0.25, 0.3) is 0 Å². The number of benzene rings is 1. The van der Waals surface area contributed by atoms with Gasteiger partial charge in [-0.15, -0.1) is 0 Å². The average Bonchev–Trinajstić information content (AvgIpc) is 2.35. The highest BCUT2D eigenvalue weighted by Gasteiger charge is 2.19. The third-order valence-corrected chi connectivity index (χ3v) is 3.37. The summed E-state index contributed by atoms with van der Waals surface area (Å²) in [6.07, 6.45) is 1.54. The first-order valence-corrected chi connectivity index (χ1v) is 7.00. The van der Waals surface area contributed by atoms with Gasteiger partial charge in [0.1, 0.15) is 5.75 Å². The Kier molecular flexibility index (Phi) is 6.30. The molecule has 1 rings (SSSR count). The standard InChI is InChI=1S/C15H22ClNO3/c1-15(2,8-9-18)17-14(19)7-5-11-4-6-13(20-3)12(16)10-11/h4,6,10,18H,5,7-9H2,1-3H3,(H,17,19). The topological polar surface area (TPSA) is 58.6 Å². The number of amides is 1. The lowest BCUT2D eigenvalue weighted by Crippen LogP contribution is -2.44. The molecule has 0 aromatic heterocycles. The Bertz CT molecular complexity index is 460. The molecular weight excluding hydrogens is 278 g/mol. The van der Waals surface area contributed by atoms with Gasteiger partial charge in [-0.3, -0.25) is 4.79 Å². The van der Waals surface area contributed by atoms with Gasteiger partial charge in [-0.25, -0.2) is 0 Å². The maximum absolute atomic E-state index is 11.9. The van der Waals surface area contributed by atoms with Crippen LogP contribution in [0.1, 0.15) is 32.3 Å². The SMILES string of the molecule is COc1ccc(CCC(=O)NC(C)(C)CCO)cc1Cl. The zero-order chi connectivity index (χ0) is 15.2. The third-order valence-electron chi connectivity index (χ3n) is 3.07. The molecule has 0 spiro atoms. The van der Waals surface area contributed by atoms with Crippen LogP contribution in [0.5, 0.6) is 5.75 Å². The highest BCUT2D eigenvalue weighted by Crippen LogP contribution is 2.25. The number of aliphatic hydroxyl groups is 1. The number of hydrogen-bond donors (Lipinski definition) is 2. The van der Waals surface area contributed by atoms with Crippen molar-refractivity contribution in [2.45, 2.75) is 38.6 Å². The fraction of sp³-hybridized carbons (Fsp3) is 0.533. The first-order valence-electron chi connectivity index (χ1n) is 6.62. The largest absolute Gasteiger partial charge is 0.495 e. The summed E-state index contributed by atoms with van der Waals surface area (Å²) in [5.74, 6) is 0.597. The van der Waals surface area contributed by atoms with E-state index < -0.39 is 0 Å². The summed E-state index contributed by atoms with van der Waals surface area (Å²) in [4.78, 5) is 11.9. The van der Waals surface area contributed by atoms with Crippen molar-refractivity contribution in [1.29, 1.82) is 0 Å². The number of methoxy groups -OCH3 is 1. The molecule has 0 heterocycles. The number of ether oxygens (including phenoxy) is 1. The number of carbonyl (C=O) groups excluding carboxylic acids is 1. The van der Waals surface area contributed by atoms with Crippen molar-refractivity contribution in [2.24, 2.45) is 0 Å². The van der Waals surface area contributed by atoms with Crippen LogP contribution in [0, 0.1) is 0 Å². The van der Waals surface area contributed by atoms with E-state index in [1.54, 1.807) is 13.2 Å². The van der Waals surface area contributed by atoms with Crippen molar-refractivity contribution in [3.8, 4) is 5.75 Å². The molecule has 0 unspecified atom stereocenters. The molecule has 1 aromatic carbocycles. The van der Waals surface area contributed by atoms with E-state index in [4.69, 9.17) is 21.4 Å². The highest BCUT2D eigenvalue weighted by molar-refractivity contribution is 6.32. The molecule has 0 aliphatic carbocycles. The predicted octanol–water partition coefficient (Wildman–Crippen LogP) is 2.56. The molecule has 112 valence electrons. The van der Waals surface area contributed by atoms with Gasteiger partial charge in [-0.1, -0.05) is 17.7 Å². The van der Waals surface area contributed by atoms with Crippen molar-refractivity contribution in [2.75, 3.05) is 13.7 Å². The molecule has 0 bridgehead atoms. The van der Waals surface area contributed by atoms with Gasteiger partial charge < -0.3 is 15.2 Å². The lowest BCUT2D eigenvalue weighted by atomic mass is 10.0. The molecule has 0 aliphatic heterocycles. The van der Waals surface area contributed by atoms with E-state index in [9.17, 15) is 4.79 Å². The Labute approximate surface area is 125 Å². The van der Waals surface area contributed by atoms with Crippen LogP contribution in [0.4, 0.5) is 0 Å². The smallest absolute Gasteiger partial charge is 0.220 e. The molecule has 0 saturated heterocycles. The molecule has 0 fully saturated rings. The Morgan fingerprint density at radius 2 is 2.15 bits per heavy atom. The van der Waals surface area contributed by atoms with E-state index >= 15 is 0 Å². The summed E-state index contributed by atoms with van der Waals surface area (Å²) in [7, 11) is 1.57. The predicted molar refractivity (Wildman–Crippen MR) is 80.2 cm³/mol. The van der Waals surface area contributed by atoms with Crippen molar-refractivity contribution < 1.29 is 14.6 Å². The molecule has 0 saturated carbocycles. The van der Waals surface area contributed by atoms with E-state index in [2.05, 4.69) is 5.32 Å². The van der Waals surface area contributed by atoms with E-state index in [1.165, 1.54) is 0 Å². The van der Waals surface area contributed by atoms with Crippen molar-refractivity contribution >= 4 is 17.5 Å². The Hall–Kier alpha value is -1.26. The van der Waals surface area contributed by atoms with Gasteiger partial charge in [0.15, 0.2) is 0 Å². The molecule has 2 N–H and O–H groups in total. The number of nitrogens with one attached hydrogen (secondary N) is 1. The maximum atomic E-state index is 11.9. The zero-order valence-electron chi connectivity index (χ0n) is 12.2. The molecule has 0 aliphatic rings. The minimum Gasteiger partial charge on any atom is -0.495 e. The van der Waals surface area contributed by atoms with E-state index in [1.807, 2.05) is 26.0 Å². The van der Waals surface area contributed by atoms with Crippen LogP contribution in [0.2, 0.25) is 5.02 Å². The Morgan fingerprint density at radius 3 is 2.70 bits per heavy atom. The zero-order valence-corrected chi connectivity index (χ0v) is 13.0. The summed E-state index contributed by atoms with van der Waals surface area (Å²) in [5, 5.41) is 12.4. The monoisotopic (exact) mass is 299 g/mol. The highest BCUT2D eigenvalue weighted by atomic mass is 35.5. The quantitative estimate of drug-likeness (QED) is 0.813. The van der Waals surface area contributed by atoms with E-state index in [0.29, 0.717) is 30.0 Å². The van der Waals surface area contributed by atoms with Gasteiger partial charge in [-0.2, -0.15) is 0 Å². The lowest BCUT2D eigenvalue weighted by Gasteiger charge is -2.25. The number of carbonyl (C=O) groups is 1. The van der Waals surface area contributed by atoms with Gasteiger partial charge >= 0.3 is 0 Å². The molecule has 5 heteroatoms. The number of aryl methyl sites for hydroxylation is 1. The second kappa shape index (κ2) is 7.50. The third kappa shape index (κ3) is 5.39. The summed E-state index contributed by atoms with van der Waals surface area (Å²) in [6.45, 7) is 3.85. The van der Waals surface area contributed by atoms with Gasteiger partial charge in [0.05, 0.1) is 12.1 Å². The molecule has 20 heavy (non-hydrogen) atoms. The maximum Gasteiger partial charge on any atom is 0.220 e. The van der Waals surface area contributed by atoms with Gasteiger partial charge in [0.2, 0.25) is 5.91 Å². The summed E-state index contributed by atoms with van der Waals surface area (Å²) >= 11 is 6.04. The van der Waals surface area contributed by atoms with Crippen LogP contribution in [0.15, 0.2) is 18.2 Å². The Balaban J connectivity index is 2.51. The van der Waals surface area contributed by atoms with Gasteiger partial charge in [0, 0.05) is 18.6 Å². The molecule has 0 radical (unpaired) electrons. The van der Waals surface area contributed by atoms with Crippen LogP contribution < -0.4 is 10.1 Å². The van der Waals surface area contributed by atoms with Gasteiger partial charge in [-0.05, 0) is 44.4 Å². The molecule has 0 atom stereocenters. The summed E-state index contributed by atoms with van der Waals surface area (Å²) < 4.78 is 5.08. The van der Waals surface area contributed by atoms with Crippen molar-refractivity contribution in [3.63, 3.8) is 0 Å². The van der Waals surface area contributed by atoms with Crippen molar-refractivity contribution in [3.05, 3.63) is 28.8 Å². The Morgan fingerprint density at radius 1 is 1.45 bits per heavy atom. The lowest BCUT2D eigenvalue weighted by molar-refractivity contribution is -0.122. The van der Waals surface area contributed by atoms with Crippen LogP contribution in [0.3, 0.4) is 0 Å². The second-order valence-electron chi connectivity index (χ2n) is 5.37. The van der Waals surface area contributed by atoms with E-state index in [-0.39, 0.29) is 18.1 Å². The summed E-state index contributed by atoms with van der Waals surface area (Å²) in [5.41, 5.74) is 0.606. The molecular formula is C15H22ClNO3. The minimum atomic E-state index is -0.386. The fourth-order valence-corrected chi connectivity index (χ4v) is 2.19. The van der Waals surface area contributed by atoms with Crippen molar-refractivity contribution in [1.82, 2.24) is 5.32 Å². The number of aliphatic hydroxyl groups excluding tert-OH is 1.